The van der Waals surface area contributed by atoms with Crippen LogP contribution in [-0.2, 0) is 4.74 Å². The van der Waals surface area contributed by atoms with Gasteiger partial charge in [0.15, 0.2) is 0 Å². The van der Waals surface area contributed by atoms with E-state index >= 15 is 0 Å². The average molecular weight is 220 g/mol. The summed E-state index contributed by atoms with van der Waals surface area (Å²) in [6.07, 6.45) is 5.65. The van der Waals surface area contributed by atoms with Crippen LogP contribution in [0.3, 0.4) is 0 Å². The van der Waals surface area contributed by atoms with Gasteiger partial charge in [-0.25, -0.2) is 9.97 Å². The van der Waals surface area contributed by atoms with Gasteiger partial charge in [0.1, 0.15) is 0 Å². The van der Waals surface area contributed by atoms with Crippen LogP contribution in [0, 0.1) is 0 Å². The molecule has 16 heavy (non-hydrogen) atoms. The van der Waals surface area contributed by atoms with E-state index in [-0.39, 0.29) is 5.60 Å². The molecule has 2 atom stereocenters. The predicted octanol–water partition coefficient (Wildman–Crippen LogP) is 0.409. The molecule has 0 aliphatic carbocycles. The molecule has 2 N–H and O–H groups in total. The van der Waals surface area contributed by atoms with E-state index in [2.05, 4.69) is 20.6 Å². The predicted molar refractivity (Wildman–Crippen MR) is 60.2 cm³/mol. The summed E-state index contributed by atoms with van der Waals surface area (Å²) in [5.41, 5.74) is 0.0620. The van der Waals surface area contributed by atoms with E-state index in [9.17, 15) is 0 Å². The molecule has 2 fully saturated rings. The molecule has 0 saturated carbocycles. The van der Waals surface area contributed by atoms with Crippen LogP contribution in [0.25, 0.3) is 0 Å². The average Bonchev–Trinajstić information content (AvgIpc) is 2.92. The molecule has 2 aliphatic heterocycles. The molecular weight excluding hydrogens is 204 g/mol. The third-order valence-corrected chi connectivity index (χ3v) is 3.31. The van der Waals surface area contributed by atoms with Gasteiger partial charge < -0.3 is 15.4 Å². The molecule has 1 spiro atoms. The topological polar surface area (TPSA) is 59.1 Å². The Kier molecular flexibility index (Phi) is 2.49. The maximum absolute atomic E-state index is 5.91. The van der Waals surface area contributed by atoms with Crippen LogP contribution < -0.4 is 10.6 Å². The number of ether oxygens (including phenoxy) is 1. The van der Waals surface area contributed by atoms with Crippen LogP contribution in [0.4, 0.5) is 5.95 Å². The maximum atomic E-state index is 5.91. The van der Waals surface area contributed by atoms with Crippen molar-refractivity contribution in [3.8, 4) is 0 Å². The number of aromatic nitrogens is 2. The van der Waals surface area contributed by atoms with Gasteiger partial charge in [0.2, 0.25) is 5.95 Å². The Morgan fingerprint density at radius 1 is 1.44 bits per heavy atom. The monoisotopic (exact) mass is 220 g/mol. The largest absolute Gasteiger partial charge is 0.371 e. The van der Waals surface area contributed by atoms with E-state index in [4.69, 9.17) is 4.74 Å². The summed E-state index contributed by atoms with van der Waals surface area (Å²) < 4.78 is 5.91. The van der Waals surface area contributed by atoms with Crippen molar-refractivity contribution < 1.29 is 4.74 Å². The van der Waals surface area contributed by atoms with Gasteiger partial charge in [-0.15, -0.1) is 0 Å². The number of nitrogens with one attached hydrogen (secondary N) is 2. The Morgan fingerprint density at radius 2 is 2.31 bits per heavy atom. The zero-order valence-electron chi connectivity index (χ0n) is 9.15. The third kappa shape index (κ3) is 1.88. The molecule has 1 aromatic heterocycles. The number of hydrogen-bond donors (Lipinski definition) is 2. The molecule has 2 saturated heterocycles. The van der Waals surface area contributed by atoms with Gasteiger partial charge in [0.25, 0.3) is 0 Å². The molecule has 0 amide bonds. The summed E-state index contributed by atoms with van der Waals surface area (Å²) in [4.78, 5) is 8.33. The van der Waals surface area contributed by atoms with Crippen molar-refractivity contribution in [2.24, 2.45) is 0 Å². The summed E-state index contributed by atoms with van der Waals surface area (Å²) in [7, 11) is 0. The third-order valence-electron chi connectivity index (χ3n) is 3.31. The Morgan fingerprint density at radius 3 is 3.06 bits per heavy atom. The molecular formula is C11H16N4O. The Balaban J connectivity index is 1.62. The lowest BCUT2D eigenvalue weighted by Gasteiger charge is -2.20. The maximum Gasteiger partial charge on any atom is 0.222 e. The molecule has 0 unspecified atom stereocenters. The van der Waals surface area contributed by atoms with Crippen molar-refractivity contribution in [2.75, 3.05) is 25.0 Å². The summed E-state index contributed by atoms with van der Waals surface area (Å²) in [6, 6.07) is 2.15. The van der Waals surface area contributed by atoms with Gasteiger partial charge in [0.05, 0.1) is 18.2 Å². The minimum absolute atomic E-state index is 0.0620. The van der Waals surface area contributed by atoms with Crippen LogP contribution in [0.15, 0.2) is 18.5 Å². The van der Waals surface area contributed by atoms with Crippen LogP contribution in [0.1, 0.15) is 12.8 Å². The van der Waals surface area contributed by atoms with Crippen molar-refractivity contribution in [3.63, 3.8) is 0 Å². The lowest BCUT2D eigenvalue weighted by Crippen LogP contribution is -2.31. The summed E-state index contributed by atoms with van der Waals surface area (Å²) >= 11 is 0. The number of rotatable bonds is 2. The van der Waals surface area contributed by atoms with E-state index in [1.807, 2.05) is 6.07 Å². The molecule has 5 nitrogen and oxygen atoms in total. The quantitative estimate of drug-likeness (QED) is 0.756. The Hall–Kier alpha value is -1.20. The van der Waals surface area contributed by atoms with Crippen LogP contribution in [-0.4, -0.2) is 41.3 Å². The van der Waals surface area contributed by atoms with Gasteiger partial charge in [0, 0.05) is 25.4 Å². The molecule has 2 aliphatic rings. The lowest BCUT2D eigenvalue weighted by molar-refractivity contribution is 0.0214. The standard InChI is InChI=1S/C11H16N4O/c1-3-13-10(14-4-1)15-9-6-11(16-7-9)2-5-12-8-11/h1,3-4,9,12H,2,5-8H2,(H,13,14,15)/t9-,11+/m1/s1. The number of hydrogen-bond acceptors (Lipinski definition) is 5. The second-order valence-corrected chi connectivity index (χ2v) is 4.54. The normalized spacial score (nSPS) is 33.4. The van der Waals surface area contributed by atoms with E-state index in [0.29, 0.717) is 12.0 Å². The first-order chi connectivity index (χ1) is 7.86. The highest BCUT2D eigenvalue weighted by Crippen LogP contribution is 2.32. The summed E-state index contributed by atoms with van der Waals surface area (Å²) in [5.74, 6) is 0.694. The fourth-order valence-corrected chi connectivity index (χ4v) is 2.51. The molecule has 86 valence electrons. The fourth-order valence-electron chi connectivity index (χ4n) is 2.51. The fraction of sp³-hybridized carbons (Fsp3) is 0.636. The van der Waals surface area contributed by atoms with Gasteiger partial charge in [-0.3, -0.25) is 0 Å². The molecule has 0 bridgehead atoms. The van der Waals surface area contributed by atoms with Gasteiger partial charge in [-0.1, -0.05) is 0 Å². The van der Waals surface area contributed by atoms with Crippen LogP contribution >= 0.6 is 0 Å². The zero-order valence-corrected chi connectivity index (χ0v) is 9.15. The molecule has 5 heteroatoms. The van der Waals surface area contributed by atoms with Crippen molar-refractivity contribution >= 4 is 5.95 Å². The van der Waals surface area contributed by atoms with Crippen molar-refractivity contribution in [3.05, 3.63) is 18.5 Å². The zero-order chi connectivity index (χ0) is 10.8. The molecule has 0 radical (unpaired) electrons. The van der Waals surface area contributed by atoms with Gasteiger partial charge in [-0.05, 0) is 19.0 Å². The highest BCUT2D eigenvalue weighted by Gasteiger charge is 2.42. The van der Waals surface area contributed by atoms with Crippen molar-refractivity contribution in [1.29, 1.82) is 0 Å². The van der Waals surface area contributed by atoms with Gasteiger partial charge >= 0.3 is 0 Å². The van der Waals surface area contributed by atoms with Crippen molar-refractivity contribution in [1.82, 2.24) is 15.3 Å². The number of nitrogens with zero attached hydrogens (tertiary/aromatic N) is 2. The summed E-state index contributed by atoms with van der Waals surface area (Å²) in [6.45, 7) is 2.79. The van der Waals surface area contributed by atoms with E-state index in [1.165, 1.54) is 0 Å². The first-order valence-electron chi connectivity index (χ1n) is 5.75. The molecule has 1 aromatic rings. The van der Waals surface area contributed by atoms with Crippen molar-refractivity contribution in [2.45, 2.75) is 24.5 Å². The minimum Gasteiger partial charge on any atom is -0.371 e. The smallest absolute Gasteiger partial charge is 0.222 e. The molecule has 3 rings (SSSR count). The number of anilines is 1. The highest BCUT2D eigenvalue weighted by atomic mass is 16.5. The van der Waals surface area contributed by atoms with Gasteiger partial charge in [-0.2, -0.15) is 0 Å². The first kappa shape index (κ1) is 9.99. The second-order valence-electron chi connectivity index (χ2n) is 4.54. The first-order valence-corrected chi connectivity index (χ1v) is 5.75. The summed E-state index contributed by atoms with van der Waals surface area (Å²) in [5, 5.41) is 6.67. The SMILES string of the molecule is c1cnc(N[C@H]2CO[C@@]3(CCNC3)C2)nc1. The van der Waals surface area contributed by atoms with Crippen LogP contribution in [0.5, 0.6) is 0 Å². The second kappa shape index (κ2) is 3.99. The Labute approximate surface area is 94.6 Å². The van der Waals surface area contributed by atoms with E-state index in [1.54, 1.807) is 12.4 Å². The highest BCUT2D eigenvalue weighted by molar-refractivity contribution is 5.25. The van der Waals surface area contributed by atoms with Crippen LogP contribution in [0.2, 0.25) is 0 Å². The van der Waals surface area contributed by atoms with E-state index in [0.717, 1.165) is 32.5 Å². The Bertz CT molecular complexity index is 350. The molecule has 0 aromatic carbocycles. The lowest BCUT2D eigenvalue weighted by atomic mass is 9.97. The minimum atomic E-state index is 0.0620. The van der Waals surface area contributed by atoms with E-state index < -0.39 is 0 Å². The molecule has 3 heterocycles.